The molecule has 0 aromatic heterocycles. The zero-order chi connectivity index (χ0) is 8.44. The summed E-state index contributed by atoms with van der Waals surface area (Å²) < 4.78 is 0. The van der Waals surface area contributed by atoms with Crippen LogP contribution in [0.4, 0.5) is 0 Å². The van der Waals surface area contributed by atoms with Gasteiger partial charge in [0.2, 0.25) is 0 Å². The Kier molecular flexibility index (Phi) is 3.64. The predicted octanol–water partition coefficient (Wildman–Crippen LogP) is 2.21. The lowest BCUT2D eigenvalue weighted by Crippen LogP contribution is -2.35. The highest BCUT2D eigenvalue weighted by Gasteiger charge is 2.38. The minimum absolute atomic E-state index is 0. The third-order valence-corrected chi connectivity index (χ3v) is 3.60. The molecule has 0 radical (unpaired) electrons. The van der Waals surface area contributed by atoms with Gasteiger partial charge in [0.15, 0.2) is 0 Å². The molecule has 1 aliphatic carbocycles. The van der Waals surface area contributed by atoms with E-state index >= 15 is 0 Å². The van der Waals surface area contributed by atoms with E-state index in [1.165, 1.54) is 45.2 Å². The maximum absolute atomic E-state index is 5.46. The third-order valence-electron chi connectivity index (χ3n) is 3.60. The minimum Gasteiger partial charge on any atom is -0.317 e. The Labute approximate surface area is 87.1 Å². The van der Waals surface area contributed by atoms with Crippen LogP contribution < -0.4 is 5.32 Å². The van der Waals surface area contributed by atoms with E-state index in [1.807, 2.05) is 0 Å². The van der Waals surface area contributed by atoms with Gasteiger partial charge in [0.1, 0.15) is 0 Å². The zero-order valence-corrected chi connectivity index (χ0v) is 8.83. The first-order valence-corrected chi connectivity index (χ1v) is 5.02. The highest BCUT2D eigenvalue weighted by molar-refractivity contribution is 5.85. The van der Waals surface area contributed by atoms with Crippen molar-refractivity contribution in [1.29, 1.82) is 0 Å². The van der Waals surface area contributed by atoms with Gasteiger partial charge in [-0.15, -0.1) is 24.8 Å². The van der Waals surface area contributed by atoms with Crippen LogP contribution in [0.25, 0.3) is 0 Å². The van der Waals surface area contributed by atoms with Gasteiger partial charge in [-0.05, 0) is 50.6 Å². The Balaban J connectivity index is 0.000000845. The second-order valence-electron chi connectivity index (χ2n) is 4.36. The number of terminal acetylenes is 1. The predicted molar refractivity (Wildman–Crippen MR) is 58.0 cm³/mol. The normalized spacial score (nSPS) is 30.8. The molecule has 2 fully saturated rings. The van der Waals surface area contributed by atoms with E-state index in [4.69, 9.17) is 6.42 Å². The fraction of sp³-hybridized carbons (Fsp3) is 0.818. The summed E-state index contributed by atoms with van der Waals surface area (Å²) in [6.07, 6.45) is 12.1. The van der Waals surface area contributed by atoms with Gasteiger partial charge >= 0.3 is 0 Å². The quantitative estimate of drug-likeness (QED) is 0.590. The minimum atomic E-state index is 0. The monoisotopic (exact) mass is 199 g/mol. The van der Waals surface area contributed by atoms with Crippen molar-refractivity contribution in [3.8, 4) is 12.3 Å². The van der Waals surface area contributed by atoms with E-state index < -0.39 is 0 Å². The lowest BCUT2D eigenvalue weighted by atomic mass is 9.77. The second-order valence-corrected chi connectivity index (χ2v) is 4.36. The summed E-state index contributed by atoms with van der Waals surface area (Å²) >= 11 is 0. The summed E-state index contributed by atoms with van der Waals surface area (Å²) in [7, 11) is 0. The molecule has 1 aliphatic heterocycles. The lowest BCUT2D eigenvalue weighted by molar-refractivity contribution is 0.206. The first-order valence-electron chi connectivity index (χ1n) is 5.02. The molecule has 2 aliphatic rings. The fourth-order valence-corrected chi connectivity index (χ4v) is 2.76. The molecule has 1 unspecified atom stereocenters. The molecule has 1 saturated carbocycles. The first kappa shape index (κ1) is 10.9. The number of hydrogen-bond donors (Lipinski definition) is 1. The van der Waals surface area contributed by atoms with Gasteiger partial charge in [-0.3, -0.25) is 0 Å². The standard InChI is InChI=1S/C11H17N.ClH/c1-2-10-3-4-11(9-10)5-7-12-8-6-11;/h1,10,12H,3-9H2;1H. The molecule has 74 valence electrons. The summed E-state index contributed by atoms with van der Waals surface area (Å²) in [6.45, 7) is 2.41. The van der Waals surface area contributed by atoms with Crippen molar-refractivity contribution in [2.24, 2.45) is 11.3 Å². The summed E-state index contributed by atoms with van der Waals surface area (Å²) in [4.78, 5) is 0. The SMILES string of the molecule is C#CC1CCC2(CCNCC2)C1.Cl. The highest BCUT2D eigenvalue weighted by atomic mass is 35.5. The van der Waals surface area contributed by atoms with Gasteiger partial charge in [0.25, 0.3) is 0 Å². The van der Waals surface area contributed by atoms with Crippen molar-refractivity contribution >= 4 is 12.4 Å². The van der Waals surface area contributed by atoms with Gasteiger partial charge in [0.05, 0.1) is 0 Å². The second kappa shape index (κ2) is 4.35. The van der Waals surface area contributed by atoms with Gasteiger partial charge in [0, 0.05) is 5.92 Å². The van der Waals surface area contributed by atoms with E-state index in [9.17, 15) is 0 Å². The van der Waals surface area contributed by atoms with E-state index in [0.717, 1.165) is 0 Å². The number of piperidine rings is 1. The van der Waals surface area contributed by atoms with E-state index in [-0.39, 0.29) is 12.4 Å². The summed E-state index contributed by atoms with van der Waals surface area (Å²) in [6, 6.07) is 0. The maximum atomic E-state index is 5.46. The van der Waals surface area contributed by atoms with Crippen LogP contribution in [0.3, 0.4) is 0 Å². The summed E-state index contributed by atoms with van der Waals surface area (Å²) in [5.74, 6) is 3.50. The maximum Gasteiger partial charge on any atom is 0.0205 e. The van der Waals surface area contributed by atoms with Crippen molar-refractivity contribution in [1.82, 2.24) is 5.32 Å². The molecule has 2 heteroatoms. The molecule has 0 aromatic rings. The first-order chi connectivity index (χ1) is 5.85. The Hall–Kier alpha value is -0.190. The van der Waals surface area contributed by atoms with Crippen LogP contribution in [0.1, 0.15) is 32.1 Å². The molecule has 1 N–H and O–H groups in total. The number of hydrogen-bond acceptors (Lipinski definition) is 1. The van der Waals surface area contributed by atoms with Crippen molar-refractivity contribution in [2.45, 2.75) is 32.1 Å². The molecule has 0 bridgehead atoms. The molecular weight excluding hydrogens is 182 g/mol. The van der Waals surface area contributed by atoms with Crippen LogP contribution in [-0.2, 0) is 0 Å². The Bertz CT molecular complexity index is 201. The molecule has 1 saturated heterocycles. The number of halogens is 1. The molecule has 0 aromatic carbocycles. The summed E-state index contributed by atoms with van der Waals surface area (Å²) in [5, 5.41) is 3.42. The Morgan fingerprint density at radius 1 is 1.23 bits per heavy atom. The van der Waals surface area contributed by atoms with Gasteiger partial charge < -0.3 is 5.32 Å². The smallest absolute Gasteiger partial charge is 0.0205 e. The molecule has 1 nitrogen and oxygen atoms in total. The Morgan fingerprint density at radius 2 is 1.92 bits per heavy atom. The average molecular weight is 200 g/mol. The van der Waals surface area contributed by atoms with Crippen LogP contribution in [0.15, 0.2) is 0 Å². The topological polar surface area (TPSA) is 12.0 Å². The van der Waals surface area contributed by atoms with E-state index in [2.05, 4.69) is 11.2 Å². The van der Waals surface area contributed by atoms with Crippen molar-refractivity contribution < 1.29 is 0 Å². The van der Waals surface area contributed by atoms with Crippen LogP contribution >= 0.6 is 12.4 Å². The van der Waals surface area contributed by atoms with Gasteiger partial charge in [-0.1, -0.05) is 0 Å². The van der Waals surface area contributed by atoms with Crippen molar-refractivity contribution in [3.05, 3.63) is 0 Å². The largest absolute Gasteiger partial charge is 0.317 e. The van der Waals surface area contributed by atoms with E-state index in [0.29, 0.717) is 11.3 Å². The molecular formula is C11H18ClN. The fourth-order valence-electron chi connectivity index (χ4n) is 2.76. The van der Waals surface area contributed by atoms with Crippen LogP contribution in [-0.4, -0.2) is 13.1 Å². The van der Waals surface area contributed by atoms with Crippen molar-refractivity contribution in [3.63, 3.8) is 0 Å². The van der Waals surface area contributed by atoms with Crippen molar-refractivity contribution in [2.75, 3.05) is 13.1 Å². The summed E-state index contributed by atoms with van der Waals surface area (Å²) in [5.41, 5.74) is 0.641. The number of nitrogens with one attached hydrogen (secondary N) is 1. The van der Waals surface area contributed by atoms with Gasteiger partial charge in [-0.25, -0.2) is 0 Å². The number of rotatable bonds is 0. The van der Waals surface area contributed by atoms with Gasteiger partial charge in [-0.2, -0.15) is 0 Å². The highest BCUT2D eigenvalue weighted by Crippen LogP contribution is 2.47. The molecule has 2 rings (SSSR count). The van der Waals surface area contributed by atoms with Crippen LogP contribution in [0.5, 0.6) is 0 Å². The third kappa shape index (κ3) is 2.18. The Morgan fingerprint density at radius 3 is 2.46 bits per heavy atom. The van der Waals surface area contributed by atoms with Crippen LogP contribution in [0.2, 0.25) is 0 Å². The lowest BCUT2D eigenvalue weighted by Gasteiger charge is -2.33. The average Bonchev–Trinajstić information content (AvgIpc) is 2.50. The molecule has 1 heterocycles. The molecule has 0 amide bonds. The molecule has 13 heavy (non-hydrogen) atoms. The molecule has 1 spiro atoms. The molecule has 1 atom stereocenters. The zero-order valence-electron chi connectivity index (χ0n) is 8.01. The van der Waals surface area contributed by atoms with Crippen LogP contribution in [0, 0.1) is 23.7 Å². The van der Waals surface area contributed by atoms with E-state index in [1.54, 1.807) is 0 Å².